The molecule has 2 aromatic rings. The molecule has 1 aromatic heterocycles. The molecule has 0 bridgehead atoms. The molecule has 0 spiro atoms. The molecule has 4 heteroatoms. The number of hydrogen-bond acceptors (Lipinski definition) is 2. The minimum atomic E-state index is -0.591. The second-order valence-corrected chi connectivity index (χ2v) is 3.28. The summed E-state index contributed by atoms with van der Waals surface area (Å²) in [5, 5.41) is 0.885. The molecule has 0 aliphatic heterocycles. The first-order chi connectivity index (χ1) is 7.22. The average molecular weight is 208 g/mol. The smallest absolute Gasteiger partial charge is 0.134 e. The summed E-state index contributed by atoms with van der Waals surface area (Å²) in [6, 6.07) is 3.69. The third kappa shape index (κ3) is 1.80. The van der Waals surface area contributed by atoms with Gasteiger partial charge in [-0.05, 0) is 18.7 Å². The van der Waals surface area contributed by atoms with Gasteiger partial charge in [-0.25, -0.2) is 8.78 Å². The summed E-state index contributed by atoms with van der Waals surface area (Å²) in [5.41, 5.74) is 6.03. The molecular formula is C11H10F2N2. The van der Waals surface area contributed by atoms with Gasteiger partial charge in [0, 0.05) is 35.2 Å². The number of fused-ring (bicyclic) bond motifs is 1. The molecule has 0 aliphatic carbocycles. The normalized spacial score (nSPS) is 10.9. The van der Waals surface area contributed by atoms with Crippen molar-refractivity contribution in [2.24, 2.45) is 5.73 Å². The number of pyridine rings is 1. The maximum atomic E-state index is 13.4. The van der Waals surface area contributed by atoms with Crippen molar-refractivity contribution in [1.82, 2.24) is 4.98 Å². The zero-order valence-corrected chi connectivity index (χ0v) is 8.00. The Kier molecular flexibility index (Phi) is 2.60. The fourth-order valence-electron chi connectivity index (χ4n) is 1.60. The highest BCUT2D eigenvalue weighted by Gasteiger charge is 2.07. The van der Waals surface area contributed by atoms with Gasteiger partial charge >= 0.3 is 0 Å². The summed E-state index contributed by atoms with van der Waals surface area (Å²) < 4.78 is 26.4. The van der Waals surface area contributed by atoms with Gasteiger partial charge in [-0.1, -0.05) is 0 Å². The molecule has 2 rings (SSSR count). The molecule has 0 unspecified atom stereocenters. The van der Waals surface area contributed by atoms with Crippen molar-refractivity contribution in [2.45, 2.75) is 6.42 Å². The Morgan fingerprint density at radius 2 is 2.00 bits per heavy atom. The van der Waals surface area contributed by atoms with Gasteiger partial charge in [-0.15, -0.1) is 0 Å². The maximum Gasteiger partial charge on any atom is 0.134 e. The van der Waals surface area contributed by atoms with Crippen molar-refractivity contribution in [2.75, 3.05) is 6.54 Å². The van der Waals surface area contributed by atoms with Crippen molar-refractivity contribution >= 4 is 10.8 Å². The molecule has 0 saturated heterocycles. The number of hydrogen-bond donors (Lipinski definition) is 1. The quantitative estimate of drug-likeness (QED) is 0.819. The molecule has 0 radical (unpaired) electrons. The topological polar surface area (TPSA) is 38.9 Å². The molecule has 0 saturated carbocycles. The molecule has 1 aromatic carbocycles. The highest BCUT2D eigenvalue weighted by Crippen LogP contribution is 2.21. The number of aromatic nitrogens is 1. The fourth-order valence-corrected chi connectivity index (χ4v) is 1.60. The number of nitrogens with zero attached hydrogens (tertiary/aromatic N) is 1. The van der Waals surface area contributed by atoms with Crippen molar-refractivity contribution in [1.29, 1.82) is 0 Å². The van der Waals surface area contributed by atoms with E-state index in [0.717, 1.165) is 6.07 Å². The van der Waals surface area contributed by atoms with E-state index in [1.807, 2.05) is 0 Å². The van der Waals surface area contributed by atoms with E-state index in [4.69, 9.17) is 5.73 Å². The van der Waals surface area contributed by atoms with Crippen LogP contribution in [0, 0.1) is 11.6 Å². The molecule has 0 amide bonds. The molecule has 2 N–H and O–H groups in total. The van der Waals surface area contributed by atoms with Gasteiger partial charge < -0.3 is 5.73 Å². The van der Waals surface area contributed by atoms with E-state index in [1.165, 1.54) is 18.3 Å². The van der Waals surface area contributed by atoms with E-state index in [0.29, 0.717) is 29.4 Å². The molecular weight excluding hydrogens is 198 g/mol. The van der Waals surface area contributed by atoms with Crippen LogP contribution in [0.2, 0.25) is 0 Å². The summed E-state index contributed by atoms with van der Waals surface area (Å²) in [5.74, 6) is -1.16. The van der Waals surface area contributed by atoms with E-state index in [1.54, 1.807) is 0 Å². The molecule has 0 fully saturated rings. The summed E-state index contributed by atoms with van der Waals surface area (Å²) in [7, 11) is 0. The van der Waals surface area contributed by atoms with Gasteiger partial charge in [0.05, 0.1) is 0 Å². The zero-order chi connectivity index (χ0) is 10.8. The first-order valence-electron chi connectivity index (χ1n) is 4.65. The Labute approximate surface area is 85.7 Å². The van der Waals surface area contributed by atoms with E-state index < -0.39 is 11.6 Å². The van der Waals surface area contributed by atoms with Crippen LogP contribution in [0.4, 0.5) is 8.78 Å². The largest absolute Gasteiger partial charge is 0.330 e. The Morgan fingerprint density at radius 1 is 1.20 bits per heavy atom. The van der Waals surface area contributed by atoms with Gasteiger partial charge in [0.1, 0.15) is 11.6 Å². The SMILES string of the molecule is NCCc1nccc2c(F)cc(F)cc12. The van der Waals surface area contributed by atoms with E-state index >= 15 is 0 Å². The molecule has 15 heavy (non-hydrogen) atoms. The lowest BCUT2D eigenvalue weighted by Gasteiger charge is -2.05. The van der Waals surface area contributed by atoms with Gasteiger partial charge in [-0.3, -0.25) is 4.98 Å². The van der Waals surface area contributed by atoms with Crippen LogP contribution in [0.1, 0.15) is 5.69 Å². The third-order valence-electron chi connectivity index (χ3n) is 2.26. The van der Waals surface area contributed by atoms with Crippen LogP contribution in [0.25, 0.3) is 10.8 Å². The number of halogens is 2. The maximum absolute atomic E-state index is 13.4. The highest BCUT2D eigenvalue weighted by atomic mass is 19.1. The van der Waals surface area contributed by atoms with Crippen LogP contribution in [-0.2, 0) is 6.42 Å². The van der Waals surface area contributed by atoms with Crippen LogP contribution in [0.15, 0.2) is 24.4 Å². The average Bonchev–Trinajstić information content (AvgIpc) is 2.19. The Balaban J connectivity index is 2.73. The number of rotatable bonds is 2. The fraction of sp³-hybridized carbons (Fsp3) is 0.182. The lowest BCUT2D eigenvalue weighted by Crippen LogP contribution is -2.05. The van der Waals surface area contributed by atoms with Crippen molar-refractivity contribution < 1.29 is 8.78 Å². The first kappa shape index (κ1) is 9.98. The standard InChI is InChI=1S/C11H10F2N2/c12-7-5-9-8(10(13)6-7)2-4-15-11(9)1-3-14/h2,4-6H,1,3,14H2. The predicted octanol–water partition coefficient (Wildman–Crippen LogP) is 2.01. The molecule has 78 valence electrons. The van der Waals surface area contributed by atoms with E-state index in [-0.39, 0.29) is 0 Å². The minimum absolute atomic E-state index is 0.384. The highest BCUT2D eigenvalue weighted by molar-refractivity contribution is 5.85. The molecule has 0 atom stereocenters. The monoisotopic (exact) mass is 208 g/mol. The predicted molar refractivity (Wildman–Crippen MR) is 54.4 cm³/mol. The number of benzene rings is 1. The summed E-state index contributed by atoms with van der Waals surface area (Å²) >= 11 is 0. The van der Waals surface area contributed by atoms with E-state index in [9.17, 15) is 8.78 Å². The summed E-state index contributed by atoms with van der Waals surface area (Å²) in [6.45, 7) is 0.407. The Hall–Kier alpha value is -1.55. The van der Waals surface area contributed by atoms with Crippen LogP contribution in [0.5, 0.6) is 0 Å². The van der Waals surface area contributed by atoms with Gasteiger partial charge in [0.15, 0.2) is 0 Å². The molecule has 0 aliphatic rings. The van der Waals surface area contributed by atoms with Crippen LogP contribution in [0.3, 0.4) is 0 Å². The van der Waals surface area contributed by atoms with Crippen molar-refractivity contribution in [3.8, 4) is 0 Å². The summed E-state index contributed by atoms with van der Waals surface area (Å²) in [6.07, 6.45) is 2.02. The molecule has 2 nitrogen and oxygen atoms in total. The van der Waals surface area contributed by atoms with Crippen LogP contribution >= 0.6 is 0 Å². The summed E-state index contributed by atoms with van der Waals surface area (Å²) in [4.78, 5) is 4.07. The Bertz CT molecular complexity index is 497. The lowest BCUT2D eigenvalue weighted by atomic mass is 10.1. The zero-order valence-electron chi connectivity index (χ0n) is 8.00. The van der Waals surface area contributed by atoms with Crippen LogP contribution in [-0.4, -0.2) is 11.5 Å². The van der Waals surface area contributed by atoms with E-state index in [2.05, 4.69) is 4.98 Å². The van der Waals surface area contributed by atoms with Gasteiger partial charge in [-0.2, -0.15) is 0 Å². The minimum Gasteiger partial charge on any atom is -0.330 e. The second kappa shape index (κ2) is 3.90. The number of nitrogens with two attached hydrogens (primary N) is 1. The van der Waals surface area contributed by atoms with Gasteiger partial charge in [0.25, 0.3) is 0 Å². The first-order valence-corrected chi connectivity index (χ1v) is 4.65. The van der Waals surface area contributed by atoms with Crippen molar-refractivity contribution in [3.05, 3.63) is 41.7 Å². The Morgan fingerprint density at radius 3 is 2.73 bits per heavy atom. The van der Waals surface area contributed by atoms with Crippen molar-refractivity contribution in [3.63, 3.8) is 0 Å². The lowest BCUT2D eigenvalue weighted by molar-refractivity contribution is 0.591. The molecule has 1 heterocycles. The van der Waals surface area contributed by atoms with Gasteiger partial charge in [0.2, 0.25) is 0 Å². The third-order valence-corrected chi connectivity index (χ3v) is 2.26. The van der Waals surface area contributed by atoms with Crippen LogP contribution < -0.4 is 5.73 Å². The second-order valence-electron chi connectivity index (χ2n) is 3.28.